The first kappa shape index (κ1) is 8.27. The number of hydrogen-bond acceptors (Lipinski definition) is 2. The molecule has 3 aliphatic carbocycles. The lowest BCUT2D eigenvalue weighted by atomic mass is 9.46. The summed E-state index contributed by atoms with van der Waals surface area (Å²) in [6.07, 6.45) is -0.261. The molecule has 12 heavy (non-hydrogen) atoms. The van der Waals surface area contributed by atoms with Gasteiger partial charge in [-0.3, -0.25) is 0 Å². The molecule has 0 aliphatic heterocycles. The van der Waals surface area contributed by atoms with Gasteiger partial charge in [-0.2, -0.15) is 0 Å². The maximum atomic E-state index is 9.68. The summed E-state index contributed by atoms with van der Waals surface area (Å²) in [6, 6.07) is 0. The second kappa shape index (κ2) is 2.12. The monoisotopic (exact) mass is 168 g/mol. The molecule has 0 spiro atoms. The van der Waals surface area contributed by atoms with Crippen molar-refractivity contribution >= 4 is 0 Å². The van der Waals surface area contributed by atoms with E-state index in [1.165, 1.54) is 0 Å². The third-order valence-corrected chi connectivity index (χ3v) is 3.91. The molecule has 3 rings (SSSR count). The number of fused-ring (bicyclic) bond motifs is 2. The Bertz CT molecular complexity index is 232. The average molecular weight is 168 g/mol. The molecule has 0 aromatic carbocycles. The Hall–Kier alpha value is -0.340. The highest BCUT2D eigenvalue weighted by atomic mass is 16.3. The quantitative estimate of drug-likeness (QED) is 0.528. The van der Waals surface area contributed by atoms with Crippen molar-refractivity contribution in [3.8, 4) is 0 Å². The molecule has 3 fully saturated rings. The van der Waals surface area contributed by atoms with Gasteiger partial charge in [0, 0.05) is 0 Å². The predicted molar refractivity (Wildman–Crippen MR) is 46.5 cm³/mol. The summed E-state index contributed by atoms with van der Waals surface area (Å²) in [6.45, 7) is 8.14. The van der Waals surface area contributed by atoms with Crippen molar-refractivity contribution in [1.82, 2.24) is 0 Å². The maximum absolute atomic E-state index is 9.68. The van der Waals surface area contributed by atoms with Crippen molar-refractivity contribution in [1.29, 1.82) is 0 Å². The van der Waals surface area contributed by atoms with Crippen LogP contribution in [0.1, 0.15) is 20.3 Å². The van der Waals surface area contributed by atoms with E-state index in [0.717, 1.165) is 12.0 Å². The number of aliphatic hydroxyl groups is 2. The first-order chi connectivity index (χ1) is 5.46. The molecule has 0 radical (unpaired) electrons. The first-order valence-electron chi connectivity index (χ1n) is 4.51. The second-order valence-electron chi connectivity index (χ2n) is 4.73. The summed E-state index contributed by atoms with van der Waals surface area (Å²) in [5.41, 5.74) is 0.977. The van der Waals surface area contributed by atoms with Crippen LogP contribution < -0.4 is 0 Å². The van der Waals surface area contributed by atoms with E-state index in [-0.39, 0.29) is 11.3 Å². The molecule has 0 amide bonds. The van der Waals surface area contributed by atoms with Crippen LogP contribution in [0.25, 0.3) is 0 Å². The van der Waals surface area contributed by atoms with Crippen LogP contribution in [0.2, 0.25) is 0 Å². The summed E-state index contributed by atoms with van der Waals surface area (Å²) in [4.78, 5) is 0. The Kier molecular flexibility index (Phi) is 1.46. The standard InChI is InChI=1S/C10H16O2/c1-5-6-4-7(10(6,2)3)9(12)8(5)11/h6-9,11-12H,1,4H2,2-3H3/t6?,7?,8-,9-/m1/s1. The molecule has 0 heterocycles. The molecule has 4 atom stereocenters. The molecule has 3 aliphatic rings. The second-order valence-corrected chi connectivity index (χ2v) is 4.73. The molecule has 0 saturated heterocycles. The average Bonchev–Trinajstić information content (AvgIpc) is 1.98. The number of rotatable bonds is 0. The highest BCUT2D eigenvalue weighted by molar-refractivity contribution is 5.26. The van der Waals surface area contributed by atoms with E-state index in [1.54, 1.807) is 0 Å². The molecular weight excluding hydrogens is 152 g/mol. The van der Waals surface area contributed by atoms with Crippen LogP contribution >= 0.6 is 0 Å². The maximum Gasteiger partial charge on any atom is 0.101 e. The Morgan fingerprint density at radius 3 is 2.42 bits per heavy atom. The van der Waals surface area contributed by atoms with Crippen LogP contribution in [0.4, 0.5) is 0 Å². The summed E-state index contributed by atoms with van der Waals surface area (Å²) in [5.74, 6) is 0.684. The minimum atomic E-state index is -0.679. The fourth-order valence-corrected chi connectivity index (χ4v) is 2.81. The summed E-state index contributed by atoms with van der Waals surface area (Å²) in [5, 5.41) is 19.2. The van der Waals surface area contributed by atoms with Crippen molar-refractivity contribution in [3.63, 3.8) is 0 Å². The van der Waals surface area contributed by atoms with E-state index in [9.17, 15) is 10.2 Å². The molecular formula is C10H16O2. The van der Waals surface area contributed by atoms with Gasteiger partial charge in [0.05, 0.1) is 6.10 Å². The number of aliphatic hydroxyl groups excluding tert-OH is 2. The summed E-state index contributed by atoms with van der Waals surface area (Å²) >= 11 is 0. The van der Waals surface area contributed by atoms with E-state index >= 15 is 0 Å². The van der Waals surface area contributed by atoms with E-state index in [2.05, 4.69) is 20.4 Å². The molecule has 2 unspecified atom stereocenters. The molecule has 2 N–H and O–H groups in total. The fraction of sp³-hybridized carbons (Fsp3) is 0.800. The van der Waals surface area contributed by atoms with Crippen molar-refractivity contribution in [2.45, 2.75) is 32.5 Å². The third-order valence-electron chi connectivity index (χ3n) is 3.91. The van der Waals surface area contributed by atoms with Gasteiger partial charge in [-0.05, 0) is 29.2 Å². The van der Waals surface area contributed by atoms with Crippen LogP contribution in [-0.2, 0) is 0 Å². The van der Waals surface area contributed by atoms with Crippen LogP contribution in [-0.4, -0.2) is 22.4 Å². The van der Waals surface area contributed by atoms with Crippen molar-refractivity contribution in [2.24, 2.45) is 17.3 Å². The topological polar surface area (TPSA) is 40.5 Å². The van der Waals surface area contributed by atoms with Crippen LogP contribution in [0, 0.1) is 17.3 Å². The third kappa shape index (κ3) is 0.723. The van der Waals surface area contributed by atoms with E-state index in [0.29, 0.717) is 5.92 Å². The van der Waals surface area contributed by atoms with Crippen LogP contribution in [0.5, 0.6) is 0 Å². The van der Waals surface area contributed by atoms with E-state index in [1.807, 2.05) is 0 Å². The predicted octanol–water partition coefficient (Wildman–Crippen LogP) is 0.940. The van der Waals surface area contributed by atoms with Crippen molar-refractivity contribution < 1.29 is 10.2 Å². The zero-order chi connectivity index (χ0) is 9.09. The summed E-state index contributed by atoms with van der Waals surface area (Å²) in [7, 11) is 0. The van der Waals surface area contributed by atoms with Gasteiger partial charge in [0.25, 0.3) is 0 Å². The molecule has 0 aromatic heterocycles. The van der Waals surface area contributed by atoms with Gasteiger partial charge in [0.1, 0.15) is 6.10 Å². The Balaban J connectivity index is 2.30. The Morgan fingerprint density at radius 2 is 2.00 bits per heavy atom. The Morgan fingerprint density at radius 1 is 1.42 bits per heavy atom. The smallest absolute Gasteiger partial charge is 0.101 e. The van der Waals surface area contributed by atoms with Crippen molar-refractivity contribution in [3.05, 3.63) is 12.2 Å². The first-order valence-corrected chi connectivity index (χ1v) is 4.51. The normalized spacial score (nSPS) is 50.2. The lowest BCUT2D eigenvalue weighted by molar-refractivity contribution is -0.156. The molecule has 2 nitrogen and oxygen atoms in total. The van der Waals surface area contributed by atoms with Gasteiger partial charge in [-0.15, -0.1) is 0 Å². The molecule has 68 valence electrons. The van der Waals surface area contributed by atoms with Gasteiger partial charge in [-0.1, -0.05) is 20.4 Å². The number of hydrogen-bond donors (Lipinski definition) is 2. The highest BCUT2D eigenvalue weighted by Crippen LogP contribution is 2.60. The molecule has 3 saturated carbocycles. The van der Waals surface area contributed by atoms with Gasteiger partial charge >= 0.3 is 0 Å². The minimum Gasteiger partial charge on any atom is -0.390 e. The lowest BCUT2D eigenvalue weighted by Crippen LogP contribution is -2.61. The fourth-order valence-electron chi connectivity index (χ4n) is 2.81. The SMILES string of the molecule is C=C1C2CC([C@@H](O)[C@@H]1O)C2(C)C. The van der Waals surface area contributed by atoms with E-state index in [4.69, 9.17) is 0 Å². The summed E-state index contributed by atoms with van der Waals surface area (Å²) < 4.78 is 0. The molecule has 2 bridgehead atoms. The minimum absolute atomic E-state index is 0.149. The molecule has 0 aromatic rings. The van der Waals surface area contributed by atoms with Crippen LogP contribution in [0.3, 0.4) is 0 Å². The van der Waals surface area contributed by atoms with E-state index < -0.39 is 12.2 Å². The van der Waals surface area contributed by atoms with Gasteiger partial charge in [0.2, 0.25) is 0 Å². The zero-order valence-corrected chi connectivity index (χ0v) is 7.62. The van der Waals surface area contributed by atoms with Gasteiger partial charge < -0.3 is 10.2 Å². The van der Waals surface area contributed by atoms with Crippen LogP contribution in [0.15, 0.2) is 12.2 Å². The molecule has 2 heteroatoms. The Labute approximate surface area is 72.9 Å². The van der Waals surface area contributed by atoms with Crippen molar-refractivity contribution in [2.75, 3.05) is 0 Å². The van der Waals surface area contributed by atoms with Gasteiger partial charge in [0.15, 0.2) is 0 Å². The lowest BCUT2D eigenvalue weighted by Gasteiger charge is -2.61. The van der Waals surface area contributed by atoms with Gasteiger partial charge in [-0.25, -0.2) is 0 Å². The largest absolute Gasteiger partial charge is 0.390 e. The zero-order valence-electron chi connectivity index (χ0n) is 7.62. The highest BCUT2D eigenvalue weighted by Gasteiger charge is 2.59.